The Kier molecular flexibility index (Phi) is 11.2. The number of nitrogens with one attached hydrogen (secondary N) is 1. The number of benzene rings is 3. The van der Waals surface area contributed by atoms with Gasteiger partial charge in [0, 0.05) is 20.1 Å². The molecule has 5 heteroatoms. The Morgan fingerprint density at radius 3 is 1.65 bits per heavy atom. The van der Waals surface area contributed by atoms with Crippen molar-refractivity contribution in [2.75, 3.05) is 32.8 Å². The largest absolute Gasteiger partial charge is 0.444 e. The molecule has 0 fully saturated rings. The minimum Gasteiger partial charge on any atom is -0.444 e. The van der Waals surface area contributed by atoms with Crippen molar-refractivity contribution < 1.29 is 9.53 Å². The predicted octanol–water partition coefficient (Wildman–Crippen LogP) is 6.00. The van der Waals surface area contributed by atoms with E-state index in [-0.39, 0.29) is 6.09 Å². The van der Waals surface area contributed by atoms with Crippen LogP contribution in [0.15, 0.2) is 91.0 Å². The molecule has 0 heterocycles. The van der Waals surface area contributed by atoms with E-state index in [0.29, 0.717) is 6.54 Å². The molecule has 0 saturated carbocycles. The van der Waals surface area contributed by atoms with Crippen molar-refractivity contribution in [3.8, 4) is 0 Å². The van der Waals surface area contributed by atoms with E-state index in [9.17, 15) is 4.79 Å². The van der Waals surface area contributed by atoms with Crippen LogP contribution in [-0.4, -0.2) is 49.4 Å². The molecule has 0 aliphatic rings. The average Bonchev–Trinajstić information content (AvgIpc) is 2.90. The Labute approximate surface area is 224 Å². The van der Waals surface area contributed by atoms with Crippen molar-refractivity contribution in [2.45, 2.75) is 52.1 Å². The molecule has 0 spiro atoms. The summed E-state index contributed by atoms with van der Waals surface area (Å²) in [6.45, 7) is 8.07. The zero-order chi connectivity index (χ0) is 26.6. The molecule has 3 rings (SSSR count). The number of ether oxygens (including phenoxy) is 1. The van der Waals surface area contributed by atoms with Crippen LogP contribution >= 0.6 is 7.26 Å². The van der Waals surface area contributed by atoms with Gasteiger partial charge in [0.05, 0.1) is 6.16 Å². The van der Waals surface area contributed by atoms with Crippen molar-refractivity contribution in [1.29, 1.82) is 0 Å². The summed E-state index contributed by atoms with van der Waals surface area (Å²) >= 11 is 0. The van der Waals surface area contributed by atoms with E-state index < -0.39 is 12.9 Å². The van der Waals surface area contributed by atoms with Gasteiger partial charge in [-0.1, -0.05) is 61.0 Å². The number of carbonyl (C=O) groups is 1. The quantitative estimate of drug-likeness (QED) is 0.223. The summed E-state index contributed by atoms with van der Waals surface area (Å²) in [4.78, 5) is 13.7. The summed E-state index contributed by atoms with van der Waals surface area (Å²) in [5.74, 6) is 0. The lowest BCUT2D eigenvalue weighted by Crippen LogP contribution is -2.38. The van der Waals surface area contributed by atoms with Crippen LogP contribution in [0.5, 0.6) is 0 Å². The maximum atomic E-state index is 12.1. The third-order valence-electron chi connectivity index (χ3n) is 6.52. The van der Waals surface area contributed by atoms with Gasteiger partial charge in [-0.2, -0.15) is 0 Å². The number of carbonyl (C=O) groups excluding carboxylic acids is 1. The molecule has 1 amide bonds. The van der Waals surface area contributed by atoms with Crippen molar-refractivity contribution >= 4 is 29.3 Å². The summed E-state index contributed by atoms with van der Waals surface area (Å²) in [5.41, 5.74) is -0.458. The summed E-state index contributed by atoms with van der Waals surface area (Å²) in [7, 11) is 0.0688. The van der Waals surface area contributed by atoms with Gasteiger partial charge in [0.15, 0.2) is 0 Å². The lowest BCUT2D eigenvalue weighted by atomic mass is 10.2. The highest BCUT2D eigenvalue weighted by atomic mass is 31.2. The van der Waals surface area contributed by atoms with Crippen LogP contribution in [0, 0.1) is 0 Å². The molecule has 0 unspecified atom stereocenters. The topological polar surface area (TPSA) is 41.6 Å². The highest BCUT2D eigenvalue weighted by Gasteiger charge is 2.44. The molecule has 0 aliphatic heterocycles. The molecule has 0 aromatic heterocycles. The molecule has 0 radical (unpaired) electrons. The van der Waals surface area contributed by atoms with Crippen LogP contribution in [0.4, 0.5) is 4.79 Å². The first-order valence-corrected chi connectivity index (χ1v) is 15.5. The molecule has 4 nitrogen and oxygen atoms in total. The normalized spacial score (nSPS) is 11.8. The van der Waals surface area contributed by atoms with E-state index in [2.05, 4.69) is 96.3 Å². The Morgan fingerprint density at radius 2 is 1.19 bits per heavy atom. The maximum Gasteiger partial charge on any atom is 0.410 e. The summed E-state index contributed by atoms with van der Waals surface area (Å²) in [6.07, 6.45) is 5.67. The van der Waals surface area contributed by atoms with Gasteiger partial charge < -0.3 is 15.0 Å². The highest BCUT2D eigenvalue weighted by Crippen LogP contribution is 2.55. The number of rotatable bonds is 13. The van der Waals surface area contributed by atoms with Gasteiger partial charge >= 0.3 is 6.09 Å². The molecule has 3 aromatic carbocycles. The Morgan fingerprint density at radius 1 is 0.730 bits per heavy atom. The fourth-order valence-electron chi connectivity index (χ4n) is 4.64. The van der Waals surface area contributed by atoms with Crippen LogP contribution in [0.25, 0.3) is 0 Å². The van der Waals surface area contributed by atoms with Crippen LogP contribution in [-0.2, 0) is 4.74 Å². The van der Waals surface area contributed by atoms with E-state index in [1.807, 2.05) is 20.8 Å². The Hall–Kier alpha value is -2.68. The first kappa shape index (κ1) is 28.9. The van der Waals surface area contributed by atoms with E-state index >= 15 is 0 Å². The molecule has 198 valence electrons. The van der Waals surface area contributed by atoms with Crippen LogP contribution < -0.4 is 21.2 Å². The summed E-state index contributed by atoms with van der Waals surface area (Å²) in [5, 5.41) is 7.86. The van der Waals surface area contributed by atoms with Crippen LogP contribution in [0.1, 0.15) is 46.5 Å². The second-order valence-electron chi connectivity index (χ2n) is 10.6. The van der Waals surface area contributed by atoms with Gasteiger partial charge in [0.25, 0.3) is 0 Å². The molecule has 0 atom stereocenters. The molecule has 37 heavy (non-hydrogen) atoms. The standard InChI is InChI=1S/C32H44N2O2P/c1-32(2,3)36-31(35)34(4)26-25-33-24-16-5-6-17-27-37(28-18-10-7-11-19-28,29-20-12-8-13-21-29)30-22-14-9-15-23-30/h7-15,18-23,33H,5-6,16-17,24-27H2,1-4H3/q+1. The van der Waals surface area contributed by atoms with Crippen LogP contribution in [0.2, 0.25) is 0 Å². The third-order valence-corrected chi connectivity index (χ3v) is 11.0. The monoisotopic (exact) mass is 519 g/mol. The highest BCUT2D eigenvalue weighted by molar-refractivity contribution is 7.95. The van der Waals surface area contributed by atoms with Gasteiger partial charge in [-0.05, 0) is 83.0 Å². The van der Waals surface area contributed by atoms with E-state index in [1.165, 1.54) is 41.3 Å². The van der Waals surface area contributed by atoms with Crippen molar-refractivity contribution in [1.82, 2.24) is 10.2 Å². The van der Waals surface area contributed by atoms with Crippen molar-refractivity contribution in [3.05, 3.63) is 91.0 Å². The average molecular weight is 520 g/mol. The molecule has 0 saturated heterocycles. The van der Waals surface area contributed by atoms with Gasteiger partial charge in [0.1, 0.15) is 28.8 Å². The first-order chi connectivity index (χ1) is 17.8. The van der Waals surface area contributed by atoms with Crippen molar-refractivity contribution in [3.63, 3.8) is 0 Å². The maximum absolute atomic E-state index is 12.1. The second kappa shape index (κ2) is 14.3. The SMILES string of the molecule is CN(CCNCCCCCC[P+](c1ccccc1)(c1ccccc1)c1ccccc1)C(=O)OC(C)(C)C. The number of amides is 1. The minimum absolute atomic E-state index is 0.267. The molecular weight excluding hydrogens is 475 g/mol. The van der Waals surface area contributed by atoms with E-state index in [1.54, 1.807) is 11.9 Å². The minimum atomic E-state index is -1.72. The van der Waals surface area contributed by atoms with Gasteiger partial charge in [-0.3, -0.25) is 0 Å². The fourth-order valence-corrected chi connectivity index (χ4v) is 9.05. The third kappa shape index (κ3) is 8.69. The number of nitrogens with zero attached hydrogens (tertiary/aromatic N) is 1. The number of unbranched alkanes of at least 4 members (excludes halogenated alkanes) is 3. The first-order valence-electron chi connectivity index (χ1n) is 13.5. The fraction of sp³-hybridized carbons (Fsp3) is 0.406. The lowest BCUT2D eigenvalue weighted by Gasteiger charge is -2.27. The van der Waals surface area contributed by atoms with Crippen molar-refractivity contribution in [2.24, 2.45) is 0 Å². The van der Waals surface area contributed by atoms with E-state index in [0.717, 1.165) is 19.5 Å². The smallest absolute Gasteiger partial charge is 0.410 e. The van der Waals surface area contributed by atoms with E-state index in [4.69, 9.17) is 4.74 Å². The van der Waals surface area contributed by atoms with Gasteiger partial charge in [-0.25, -0.2) is 4.79 Å². The molecule has 3 aromatic rings. The predicted molar refractivity (Wildman–Crippen MR) is 160 cm³/mol. The summed E-state index contributed by atoms with van der Waals surface area (Å²) in [6, 6.07) is 33.4. The van der Waals surface area contributed by atoms with Gasteiger partial charge in [-0.15, -0.1) is 0 Å². The second-order valence-corrected chi connectivity index (χ2v) is 14.2. The zero-order valence-corrected chi connectivity index (χ0v) is 23.9. The number of likely N-dealkylation sites (N-methyl/N-ethyl adjacent to an activating group) is 1. The molecular formula is C32H44N2O2P+. The van der Waals surface area contributed by atoms with Crippen LogP contribution in [0.3, 0.4) is 0 Å². The van der Waals surface area contributed by atoms with Gasteiger partial charge in [0.2, 0.25) is 0 Å². The summed E-state index contributed by atoms with van der Waals surface area (Å²) < 4.78 is 5.41. The Bertz CT molecular complexity index is 956. The Balaban J connectivity index is 1.52. The number of hydrogen-bond donors (Lipinski definition) is 1. The molecule has 0 bridgehead atoms. The molecule has 1 N–H and O–H groups in total. The lowest BCUT2D eigenvalue weighted by molar-refractivity contribution is 0.0300. The zero-order valence-electron chi connectivity index (χ0n) is 23.0. The number of hydrogen-bond acceptors (Lipinski definition) is 3. The molecule has 0 aliphatic carbocycles.